The zero-order valence-corrected chi connectivity index (χ0v) is 15.3. The molecular formula is C19H15F3N4OS. The topological polar surface area (TPSA) is 59.8 Å². The summed E-state index contributed by atoms with van der Waals surface area (Å²) in [6.45, 7) is 0. The molecular weight excluding hydrogens is 389 g/mol. The third kappa shape index (κ3) is 3.62. The Balaban J connectivity index is 1.57. The number of halogens is 3. The van der Waals surface area contributed by atoms with Gasteiger partial charge in [0.05, 0.1) is 23.5 Å². The molecule has 0 spiro atoms. The molecule has 28 heavy (non-hydrogen) atoms. The normalized spacial score (nSPS) is 16.5. The van der Waals surface area contributed by atoms with E-state index in [9.17, 15) is 18.0 Å². The number of hydrogen-bond donors (Lipinski definition) is 1. The molecule has 144 valence electrons. The number of alkyl halides is 3. The molecule has 1 atom stereocenters. The molecule has 1 aromatic heterocycles. The molecule has 9 heteroatoms. The molecule has 2 aromatic carbocycles. The predicted octanol–water partition coefficient (Wildman–Crippen LogP) is 4.25. The number of fused-ring (bicyclic) bond motifs is 1. The second kappa shape index (κ2) is 7.31. The van der Waals surface area contributed by atoms with Crippen LogP contribution in [0.2, 0.25) is 0 Å². The van der Waals surface area contributed by atoms with E-state index in [0.717, 1.165) is 33.4 Å². The Hall–Kier alpha value is -2.81. The molecule has 0 saturated heterocycles. The van der Waals surface area contributed by atoms with Gasteiger partial charge in [0, 0.05) is 10.6 Å². The summed E-state index contributed by atoms with van der Waals surface area (Å²) in [6, 6.07) is 12.7. The first kappa shape index (κ1) is 18.5. The average Bonchev–Trinajstić information content (AvgIpc) is 3.18. The van der Waals surface area contributed by atoms with Gasteiger partial charge in [-0.2, -0.15) is 13.2 Å². The Morgan fingerprint density at radius 3 is 2.71 bits per heavy atom. The van der Waals surface area contributed by atoms with E-state index >= 15 is 0 Å². The minimum Gasteiger partial charge on any atom is -0.344 e. The first-order chi connectivity index (χ1) is 13.4. The first-order valence-corrected chi connectivity index (χ1v) is 9.53. The molecule has 1 amide bonds. The molecule has 0 bridgehead atoms. The predicted molar refractivity (Wildman–Crippen MR) is 98.4 cm³/mol. The van der Waals surface area contributed by atoms with Crippen molar-refractivity contribution in [2.75, 3.05) is 5.75 Å². The number of para-hydroxylation sites is 1. The third-order valence-corrected chi connectivity index (χ3v) is 5.57. The van der Waals surface area contributed by atoms with Crippen LogP contribution in [-0.4, -0.2) is 26.7 Å². The Morgan fingerprint density at radius 1 is 1.14 bits per heavy atom. The number of aromatic nitrogens is 3. The number of thioether (sulfide) groups is 1. The van der Waals surface area contributed by atoms with Crippen LogP contribution < -0.4 is 5.32 Å². The maximum absolute atomic E-state index is 13.2. The lowest BCUT2D eigenvalue weighted by Crippen LogP contribution is -2.30. The molecule has 1 aliphatic rings. The van der Waals surface area contributed by atoms with E-state index < -0.39 is 17.6 Å². The van der Waals surface area contributed by atoms with Crippen molar-refractivity contribution in [3.63, 3.8) is 0 Å². The highest BCUT2D eigenvalue weighted by Crippen LogP contribution is 2.36. The second-order valence-corrected chi connectivity index (χ2v) is 7.40. The molecule has 0 radical (unpaired) electrons. The van der Waals surface area contributed by atoms with Crippen LogP contribution in [-0.2, 0) is 6.18 Å². The molecule has 4 rings (SSSR count). The standard InChI is InChI=1S/C19H15F3N4OS/c20-19(21,22)13-6-2-3-7-16(13)26-11-15(24-25-26)18(27)23-14-9-10-28-17-8-4-1-5-12(14)17/h1-8,11,14H,9-10H2,(H,23,27). The van der Waals surface area contributed by atoms with Gasteiger partial charge in [0.2, 0.25) is 0 Å². The van der Waals surface area contributed by atoms with Crippen LogP contribution in [0.3, 0.4) is 0 Å². The maximum atomic E-state index is 13.2. The van der Waals surface area contributed by atoms with Gasteiger partial charge >= 0.3 is 6.18 Å². The quantitative estimate of drug-likeness (QED) is 0.709. The van der Waals surface area contributed by atoms with Gasteiger partial charge < -0.3 is 5.32 Å². The van der Waals surface area contributed by atoms with Crippen molar-refractivity contribution in [2.45, 2.75) is 23.5 Å². The van der Waals surface area contributed by atoms with Crippen LogP contribution >= 0.6 is 11.8 Å². The number of nitrogens with zero attached hydrogens (tertiary/aromatic N) is 3. The highest BCUT2D eigenvalue weighted by molar-refractivity contribution is 7.99. The Bertz CT molecular complexity index is 1020. The summed E-state index contributed by atoms with van der Waals surface area (Å²) in [6.07, 6.45) is -2.56. The lowest BCUT2D eigenvalue weighted by Gasteiger charge is -2.25. The van der Waals surface area contributed by atoms with Crippen molar-refractivity contribution in [3.05, 3.63) is 71.5 Å². The van der Waals surface area contributed by atoms with Crippen LogP contribution in [0, 0.1) is 0 Å². The number of nitrogens with one attached hydrogen (secondary N) is 1. The van der Waals surface area contributed by atoms with E-state index in [4.69, 9.17) is 0 Å². The van der Waals surface area contributed by atoms with Gasteiger partial charge in [0.1, 0.15) is 0 Å². The summed E-state index contributed by atoms with van der Waals surface area (Å²) in [7, 11) is 0. The SMILES string of the molecule is O=C(NC1CCSc2ccccc21)c1cn(-c2ccccc2C(F)(F)F)nn1. The van der Waals surface area contributed by atoms with Gasteiger partial charge in [-0.3, -0.25) is 4.79 Å². The Morgan fingerprint density at radius 2 is 1.89 bits per heavy atom. The third-order valence-electron chi connectivity index (χ3n) is 4.45. The van der Waals surface area contributed by atoms with Crippen molar-refractivity contribution in [2.24, 2.45) is 0 Å². The Kier molecular flexibility index (Phi) is 4.84. The molecule has 1 N–H and O–H groups in total. The highest BCUT2D eigenvalue weighted by Gasteiger charge is 2.34. The molecule has 0 aliphatic carbocycles. The summed E-state index contributed by atoms with van der Waals surface area (Å²) >= 11 is 1.73. The fourth-order valence-corrected chi connectivity index (χ4v) is 4.25. The lowest BCUT2D eigenvalue weighted by atomic mass is 10.0. The van der Waals surface area contributed by atoms with Crippen molar-refractivity contribution in [3.8, 4) is 5.69 Å². The number of carbonyl (C=O) groups is 1. The summed E-state index contributed by atoms with van der Waals surface area (Å²) in [5, 5.41) is 10.4. The monoisotopic (exact) mass is 404 g/mol. The lowest BCUT2D eigenvalue weighted by molar-refractivity contribution is -0.137. The summed E-state index contributed by atoms with van der Waals surface area (Å²) in [4.78, 5) is 13.7. The average molecular weight is 404 g/mol. The van der Waals surface area contributed by atoms with Gasteiger partial charge in [-0.15, -0.1) is 16.9 Å². The van der Waals surface area contributed by atoms with Gasteiger partial charge in [0.25, 0.3) is 5.91 Å². The van der Waals surface area contributed by atoms with E-state index in [0.29, 0.717) is 0 Å². The van der Waals surface area contributed by atoms with Crippen LogP contribution in [0.5, 0.6) is 0 Å². The zero-order chi connectivity index (χ0) is 19.7. The number of rotatable bonds is 3. The maximum Gasteiger partial charge on any atom is 0.418 e. The van der Waals surface area contributed by atoms with E-state index in [1.807, 2.05) is 24.3 Å². The van der Waals surface area contributed by atoms with Gasteiger partial charge in [0.15, 0.2) is 5.69 Å². The van der Waals surface area contributed by atoms with Crippen LogP contribution in [0.4, 0.5) is 13.2 Å². The molecule has 2 heterocycles. The highest BCUT2D eigenvalue weighted by atomic mass is 32.2. The Labute approximate surface area is 162 Å². The van der Waals surface area contributed by atoms with Gasteiger partial charge in [-0.05, 0) is 30.2 Å². The van der Waals surface area contributed by atoms with E-state index in [1.165, 1.54) is 24.4 Å². The van der Waals surface area contributed by atoms with E-state index in [-0.39, 0.29) is 17.4 Å². The summed E-state index contributed by atoms with van der Waals surface area (Å²) < 4.78 is 40.6. The van der Waals surface area contributed by atoms with Gasteiger partial charge in [-0.25, -0.2) is 4.68 Å². The van der Waals surface area contributed by atoms with Crippen LogP contribution in [0.15, 0.2) is 59.6 Å². The fourth-order valence-electron chi connectivity index (χ4n) is 3.12. The van der Waals surface area contributed by atoms with Crippen molar-refractivity contribution in [1.82, 2.24) is 20.3 Å². The van der Waals surface area contributed by atoms with Crippen molar-refractivity contribution >= 4 is 17.7 Å². The van der Waals surface area contributed by atoms with Crippen molar-refractivity contribution in [1.29, 1.82) is 0 Å². The van der Waals surface area contributed by atoms with Crippen molar-refractivity contribution < 1.29 is 18.0 Å². The van der Waals surface area contributed by atoms with Crippen LogP contribution in [0.25, 0.3) is 5.69 Å². The zero-order valence-electron chi connectivity index (χ0n) is 14.5. The fraction of sp³-hybridized carbons (Fsp3) is 0.211. The summed E-state index contributed by atoms with van der Waals surface area (Å²) in [5.41, 5.74) is -0.0272. The minimum absolute atomic E-state index is 0.0346. The minimum atomic E-state index is -4.53. The smallest absolute Gasteiger partial charge is 0.344 e. The molecule has 0 saturated carbocycles. The second-order valence-electron chi connectivity index (χ2n) is 6.26. The molecule has 5 nitrogen and oxygen atoms in total. The molecule has 3 aromatic rings. The molecule has 1 unspecified atom stereocenters. The number of benzene rings is 2. The first-order valence-electron chi connectivity index (χ1n) is 8.55. The van der Waals surface area contributed by atoms with E-state index in [2.05, 4.69) is 15.6 Å². The molecule has 0 fully saturated rings. The van der Waals surface area contributed by atoms with Gasteiger partial charge in [-0.1, -0.05) is 35.5 Å². The largest absolute Gasteiger partial charge is 0.418 e. The number of hydrogen-bond acceptors (Lipinski definition) is 4. The number of amides is 1. The number of carbonyl (C=O) groups excluding carboxylic acids is 1. The summed E-state index contributed by atoms with van der Waals surface area (Å²) in [5.74, 6) is 0.399. The molecule has 1 aliphatic heterocycles. The van der Waals surface area contributed by atoms with Crippen LogP contribution in [0.1, 0.15) is 34.1 Å². The van der Waals surface area contributed by atoms with E-state index in [1.54, 1.807) is 11.8 Å².